The summed E-state index contributed by atoms with van der Waals surface area (Å²) in [6.07, 6.45) is 1.94. The van der Waals surface area contributed by atoms with Gasteiger partial charge in [-0.25, -0.2) is 0 Å². The first-order chi connectivity index (χ1) is 6.40. The second-order valence-electron chi connectivity index (χ2n) is 4.80. The lowest BCUT2D eigenvalue weighted by molar-refractivity contribution is -0.0519. The number of aliphatic imine (C=N–C) groups is 1. The Bertz CT molecular complexity index is 248. The number of hydrogen-bond donors (Lipinski definition) is 0. The van der Waals surface area contributed by atoms with Gasteiger partial charge >= 0.3 is 0 Å². The summed E-state index contributed by atoms with van der Waals surface area (Å²) in [7, 11) is 0. The topological polar surface area (TPSA) is 21.6 Å². The molecule has 0 unspecified atom stereocenters. The highest BCUT2D eigenvalue weighted by atomic mass is 79.9. The smallest absolute Gasteiger partial charge is 0.108 e. The van der Waals surface area contributed by atoms with Crippen LogP contribution in [0.3, 0.4) is 0 Å². The fourth-order valence-corrected chi connectivity index (χ4v) is 1.46. The molecule has 1 rings (SSSR count). The molecule has 1 saturated heterocycles. The molecule has 80 valence electrons. The highest BCUT2D eigenvalue weighted by Crippen LogP contribution is 2.28. The van der Waals surface area contributed by atoms with Crippen LogP contribution in [0.15, 0.2) is 4.99 Å². The number of rotatable bonds is 2. The number of nitrogens with zero attached hydrogens (tertiary/aromatic N) is 1. The van der Waals surface area contributed by atoms with Crippen LogP contribution >= 0.6 is 28.1 Å². The number of ether oxygens (including phenoxy) is 1. The van der Waals surface area contributed by atoms with Crippen molar-refractivity contribution < 1.29 is 4.74 Å². The van der Waals surface area contributed by atoms with Crippen LogP contribution in [0.25, 0.3) is 0 Å². The van der Waals surface area contributed by atoms with E-state index in [-0.39, 0.29) is 10.8 Å². The molecule has 0 aromatic heterocycles. The predicted octanol–water partition coefficient (Wildman–Crippen LogP) is 2.84. The van der Waals surface area contributed by atoms with Crippen LogP contribution in [-0.4, -0.2) is 29.7 Å². The standard InChI is InChI=1S/C10H16BrNOS/c1-9(2,3)8(14)12-5-10(4-11)6-13-7-10/h5H,4,6-7H2,1-3H3/b12-5+. The maximum atomic E-state index is 5.23. The van der Waals surface area contributed by atoms with E-state index in [1.165, 1.54) is 0 Å². The summed E-state index contributed by atoms with van der Waals surface area (Å²) in [5.74, 6) is 0. The molecule has 0 N–H and O–H groups in total. The first-order valence-corrected chi connectivity index (χ1v) is 6.16. The highest BCUT2D eigenvalue weighted by Gasteiger charge is 2.36. The van der Waals surface area contributed by atoms with E-state index < -0.39 is 0 Å². The summed E-state index contributed by atoms with van der Waals surface area (Å²) in [5, 5.41) is 0.885. The summed E-state index contributed by atoms with van der Waals surface area (Å²) in [6, 6.07) is 0. The molecule has 1 heterocycles. The predicted molar refractivity (Wildman–Crippen MR) is 67.6 cm³/mol. The van der Waals surface area contributed by atoms with Crippen molar-refractivity contribution in [2.24, 2.45) is 15.8 Å². The second kappa shape index (κ2) is 4.37. The third-order valence-electron chi connectivity index (χ3n) is 2.14. The van der Waals surface area contributed by atoms with E-state index in [4.69, 9.17) is 17.0 Å². The summed E-state index contributed by atoms with van der Waals surface area (Å²) < 4.78 is 5.18. The summed E-state index contributed by atoms with van der Waals surface area (Å²) >= 11 is 8.69. The molecule has 1 fully saturated rings. The van der Waals surface area contributed by atoms with E-state index in [9.17, 15) is 0 Å². The van der Waals surface area contributed by atoms with E-state index in [2.05, 4.69) is 41.7 Å². The third-order valence-corrected chi connectivity index (χ3v) is 3.98. The number of alkyl halides is 1. The Balaban J connectivity index is 2.59. The Hall–Kier alpha value is 0.200. The Morgan fingerprint density at radius 3 is 2.43 bits per heavy atom. The van der Waals surface area contributed by atoms with Crippen molar-refractivity contribution in [3.63, 3.8) is 0 Å². The monoisotopic (exact) mass is 277 g/mol. The van der Waals surface area contributed by atoms with E-state index >= 15 is 0 Å². The minimum Gasteiger partial charge on any atom is -0.379 e. The molecule has 1 aliphatic heterocycles. The van der Waals surface area contributed by atoms with Crippen LogP contribution in [0, 0.1) is 10.8 Å². The average Bonchev–Trinajstić information content (AvgIpc) is 2.01. The Morgan fingerprint density at radius 2 is 2.14 bits per heavy atom. The molecule has 0 atom stereocenters. The van der Waals surface area contributed by atoms with Gasteiger partial charge in [-0.15, -0.1) is 0 Å². The zero-order chi connectivity index (χ0) is 10.8. The van der Waals surface area contributed by atoms with Gasteiger partial charge in [-0.1, -0.05) is 48.9 Å². The number of thiocarbonyl (C=S) groups is 1. The molecule has 0 aromatic rings. The van der Waals surface area contributed by atoms with Crippen LogP contribution in [-0.2, 0) is 4.74 Å². The Kier molecular flexibility index (Phi) is 3.83. The molecule has 1 aliphatic rings. The maximum absolute atomic E-state index is 5.23. The largest absolute Gasteiger partial charge is 0.379 e. The van der Waals surface area contributed by atoms with Crippen LogP contribution in [0.1, 0.15) is 20.8 Å². The zero-order valence-corrected chi connectivity index (χ0v) is 11.2. The van der Waals surface area contributed by atoms with Gasteiger partial charge in [-0.05, 0) is 0 Å². The zero-order valence-electron chi connectivity index (χ0n) is 8.84. The lowest BCUT2D eigenvalue weighted by atomic mass is 9.90. The molecule has 0 amide bonds. The fraction of sp³-hybridized carbons (Fsp3) is 0.800. The van der Waals surface area contributed by atoms with E-state index in [1.54, 1.807) is 0 Å². The minimum absolute atomic E-state index is 0.0239. The second-order valence-corrected chi connectivity index (χ2v) is 5.75. The van der Waals surface area contributed by atoms with E-state index in [1.807, 2.05) is 6.21 Å². The van der Waals surface area contributed by atoms with Crippen molar-refractivity contribution >= 4 is 39.4 Å². The van der Waals surface area contributed by atoms with E-state index in [0.29, 0.717) is 0 Å². The molecular weight excluding hydrogens is 262 g/mol. The first-order valence-electron chi connectivity index (χ1n) is 4.63. The van der Waals surface area contributed by atoms with Crippen molar-refractivity contribution in [2.45, 2.75) is 20.8 Å². The van der Waals surface area contributed by atoms with Gasteiger partial charge in [0.1, 0.15) is 4.99 Å². The quantitative estimate of drug-likeness (QED) is 0.440. The van der Waals surface area contributed by atoms with Crippen molar-refractivity contribution in [1.82, 2.24) is 0 Å². The van der Waals surface area contributed by atoms with Crippen molar-refractivity contribution in [2.75, 3.05) is 18.5 Å². The van der Waals surface area contributed by atoms with Gasteiger partial charge in [0.05, 0.1) is 18.6 Å². The highest BCUT2D eigenvalue weighted by molar-refractivity contribution is 9.09. The molecule has 0 spiro atoms. The lowest BCUT2D eigenvalue weighted by Gasteiger charge is -2.36. The molecular formula is C10H16BrNOS. The molecule has 4 heteroatoms. The Labute approximate surface area is 99.3 Å². The van der Waals surface area contributed by atoms with Crippen molar-refractivity contribution in [3.05, 3.63) is 0 Å². The van der Waals surface area contributed by atoms with Gasteiger partial charge in [0.15, 0.2) is 0 Å². The SMILES string of the molecule is CC(C)(C)C(=S)/N=C/C1(CBr)COC1. The molecule has 0 bridgehead atoms. The van der Waals surface area contributed by atoms with Crippen molar-refractivity contribution in [3.8, 4) is 0 Å². The fourth-order valence-electron chi connectivity index (χ4n) is 0.940. The lowest BCUT2D eigenvalue weighted by Crippen LogP contribution is -2.45. The summed E-state index contributed by atoms with van der Waals surface area (Å²) in [6.45, 7) is 7.71. The molecule has 0 aromatic carbocycles. The van der Waals surface area contributed by atoms with Crippen LogP contribution < -0.4 is 0 Å². The van der Waals surface area contributed by atoms with Gasteiger partial charge in [0, 0.05) is 17.0 Å². The van der Waals surface area contributed by atoms with Gasteiger partial charge in [0.25, 0.3) is 0 Å². The normalized spacial score (nSPS) is 20.9. The van der Waals surface area contributed by atoms with Crippen molar-refractivity contribution in [1.29, 1.82) is 0 Å². The maximum Gasteiger partial charge on any atom is 0.108 e. The van der Waals surface area contributed by atoms with Crippen LogP contribution in [0.5, 0.6) is 0 Å². The molecule has 0 radical (unpaired) electrons. The summed E-state index contributed by atoms with van der Waals surface area (Å²) in [4.78, 5) is 5.11. The van der Waals surface area contributed by atoms with Crippen LogP contribution in [0.4, 0.5) is 0 Å². The number of halogens is 1. The molecule has 14 heavy (non-hydrogen) atoms. The first kappa shape index (κ1) is 12.3. The molecule has 2 nitrogen and oxygen atoms in total. The molecule has 0 saturated carbocycles. The Morgan fingerprint density at radius 1 is 1.57 bits per heavy atom. The number of hydrogen-bond acceptors (Lipinski definition) is 2. The third kappa shape index (κ3) is 2.84. The minimum atomic E-state index is -0.0239. The van der Waals surface area contributed by atoms with Gasteiger partial charge < -0.3 is 4.74 Å². The van der Waals surface area contributed by atoms with Gasteiger partial charge in [0.2, 0.25) is 0 Å². The average molecular weight is 278 g/mol. The van der Waals surface area contributed by atoms with Crippen LogP contribution in [0.2, 0.25) is 0 Å². The van der Waals surface area contributed by atoms with Gasteiger partial charge in [-0.2, -0.15) is 0 Å². The van der Waals surface area contributed by atoms with E-state index in [0.717, 1.165) is 23.5 Å². The summed E-state index contributed by atoms with van der Waals surface area (Å²) in [5.41, 5.74) is 0.0548. The van der Waals surface area contributed by atoms with Gasteiger partial charge in [-0.3, -0.25) is 4.99 Å². The molecule has 0 aliphatic carbocycles.